The van der Waals surface area contributed by atoms with Gasteiger partial charge in [0.1, 0.15) is 24.6 Å². The Hall–Kier alpha value is -3.63. The van der Waals surface area contributed by atoms with E-state index < -0.39 is 42.1 Å². The summed E-state index contributed by atoms with van der Waals surface area (Å²) < 4.78 is 10.1. The second-order valence-electron chi connectivity index (χ2n) is 9.44. The Morgan fingerprint density at radius 1 is 1.14 bits per heavy atom. The fraction of sp³-hybridized carbons (Fsp3) is 0.560. The van der Waals surface area contributed by atoms with Crippen molar-refractivity contribution in [2.75, 3.05) is 0 Å². The van der Waals surface area contributed by atoms with Crippen LogP contribution in [0.4, 0.5) is 4.79 Å². The maximum atomic E-state index is 12.5. The van der Waals surface area contributed by atoms with Crippen molar-refractivity contribution < 1.29 is 38.6 Å². The highest BCUT2D eigenvalue weighted by Gasteiger charge is 2.51. The number of ether oxygens (including phenoxy) is 2. The molecule has 1 aromatic carbocycles. The molecule has 36 heavy (non-hydrogen) atoms. The average molecular weight is 504 g/mol. The molecule has 2 fully saturated rings. The summed E-state index contributed by atoms with van der Waals surface area (Å²) in [6, 6.07) is 6.56. The zero-order chi connectivity index (χ0) is 26.4. The van der Waals surface area contributed by atoms with Crippen LogP contribution in [0, 0.1) is 17.8 Å². The molecule has 0 aromatic heterocycles. The number of benzene rings is 1. The monoisotopic (exact) mass is 503 g/mol. The van der Waals surface area contributed by atoms with Gasteiger partial charge in [0, 0.05) is 6.04 Å². The lowest BCUT2D eigenvalue weighted by molar-refractivity contribution is -0.193. The number of nitrogens with one attached hydrogen (secondary N) is 3. The van der Waals surface area contributed by atoms with Gasteiger partial charge in [-0.2, -0.15) is 0 Å². The third-order valence-corrected chi connectivity index (χ3v) is 6.70. The summed E-state index contributed by atoms with van der Waals surface area (Å²) in [6.45, 7) is 5.29. The topological polar surface area (TPSA) is 160 Å². The summed E-state index contributed by atoms with van der Waals surface area (Å²) in [4.78, 5) is 60.4. The van der Waals surface area contributed by atoms with Crippen LogP contribution in [-0.4, -0.2) is 59.2 Å². The van der Waals surface area contributed by atoms with E-state index in [0.29, 0.717) is 6.42 Å². The smallest absolute Gasteiger partial charge is 0.408 e. The summed E-state index contributed by atoms with van der Waals surface area (Å²) in [6.07, 6.45) is -0.216. The number of hydrogen-bond donors (Lipinski definition) is 4. The van der Waals surface area contributed by atoms with Gasteiger partial charge in [0.05, 0.1) is 0 Å². The third kappa shape index (κ3) is 6.96. The van der Waals surface area contributed by atoms with Crippen molar-refractivity contribution in [3.63, 3.8) is 0 Å². The van der Waals surface area contributed by atoms with Crippen LogP contribution in [0.25, 0.3) is 0 Å². The minimum atomic E-state index is -1.22. The Morgan fingerprint density at radius 2 is 1.83 bits per heavy atom. The van der Waals surface area contributed by atoms with Gasteiger partial charge in [-0.15, -0.1) is 0 Å². The molecule has 1 saturated heterocycles. The predicted molar refractivity (Wildman–Crippen MR) is 126 cm³/mol. The lowest BCUT2D eigenvalue weighted by Crippen LogP contribution is -2.56. The van der Waals surface area contributed by atoms with Gasteiger partial charge in [0.25, 0.3) is 5.91 Å². The van der Waals surface area contributed by atoms with Crippen molar-refractivity contribution in [1.82, 2.24) is 16.0 Å². The van der Waals surface area contributed by atoms with Gasteiger partial charge < -0.3 is 30.5 Å². The van der Waals surface area contributed by atoms with Crippen molar-refractivity contribution in [2.45, 2.75) is 70.9 Å². The summed E-state index contributed by atoms with van der Waals surface area (Å²) in [5.41, 5.74) is 0.785. The SMILES string of the molecule is CC[C@H](C)[C@@H]1C(=O)O[C@H]1C(=O)N[C@H]1C[C@@H]1C[C@H](NC(=O)[C@@H](C)NC(=O)OCc1ccccc1)C(=O)O. The van der Waals surface area contributed by atoms with Gasteiger partial charge in [-0.3, -0.25) is 14.4 Å². The van der Waals surface area contributed by atoms with E-state index in [0.717, 1.165) is 12.0 Å². The fourth-order valence-electron chi connectivity index (χ4n) is 4.11. The Morgan fingerprint density at radius 3 is 2.44 bits per heavy atom. The normalized spacial score (nSPS) is 24.7. The maximum absolute atomic E-state index is 12.5. The third-order valence-electron chi connectivity index (χ3n) is 6.70. The molecule has 4 N–H and O–H groups in total. The van der Waals surface area contributed by atoms with Crippen molar-refractivity contribution in [3.8, 4) is 0 Å². The number of carboxylic acids is 1. The zero-order valence-corrected chi connectivity index (χ0v) is 20.6. The van der Waals surface area contributed by atoms with Crippen LogP contribution >= 0.6 is 0 Å². The minimum Gasteiger partial charge on any atom is -0.480 e. The lowest BCUT2D eigenvalue weighted by Gasteiger charge is -2.37. The Kier molecular flexibility index (Phi) is 8.89. The number of cyclic esters (lactones) is 1. The van der Waals surface area contributed by atoms with Crippen LogP contribution in [0.3, 0.4) is 0 Å². The van der Waals surface area contributed by atoms with Crippen LogP contribution in [-0.2, 0) is 35.3 Å². The first kappa shape index (κ1) is 27.0. The Labute approximate surface area is 209 Å². The van der Waals surface area contributed by atoms with E-state index in [9.17, 15) is 29.1 Å². The molecule has 11 nitrogen and oxygen atoms in total. The standard InChI is InChI=1S/C25H33N3O8/c1-4-13(2)19-20(36-24(19)33)22(30)27-17-10-16(17)11-18(23(31)32)28-21(29)14(3)26-25(34)35-12-15-8-6-5-7-9-15/h5-9,13-14,16-20H,4,10-12H2,1-3H3,(H,26,34)(H,27,30)(H,28,29)(H,31,32)/t13-,14+,16+,17-,18-,19-,20+/m0/s1. The molecule has 0 radical (unpaired) electrons. The molecule has 0 unspecified atom stereocenters. The van der Waals surface area contributed by atoms with Gasteiger partial charge in [0.2, 0.25) is 5.91 Å². The molecule has 0 spiro atoms. The van der Waals surface area contributed by atoms with Crippen LogP contribution < -0.4 is 16.0 Å². The highest BCUT2D eigenvalue weighted by atomic mass is 16.6. The number of carbonyl (C=O) groups excluding carboxylic acids is 4. The van der Waals surface area contributed by atoms with Gasteiger partial charge in [-0.25, -0.2) is 9.59 Å². The van der Waals surface area contributed by atoms with E-state index in [4.69, 9.17) is 9.47 Å². The number of carboxylic acid groups (broad SMARTS) is 1. The Bertz CT molecular complexity index is 985. The second kappa shape index (κ2) is 11.9. The largest absolute Gasteiger partial charge is 0.480 e. The second-order valence-corrected chi connectivity index (χ2v) is 9.44. The minimum absolute atomic E-state index is 0.0230. The van der Waals surface area contributed by atoms with E-state index >= 15 is 0 Å². The summed E-state index contributed by atoms with van der Waals surface area (Å²) in [5.74, 6) is -3.23. The summed E-state index contributed by atoms with van der Waals surface area (Å²) in [5, 5.41) is 17.2. The van der Waals surface area contributed by atoms with Crippen molar-refractivity contribution >= 4 is 29.8 Å². The highest BCUT2D eigenvalue weighted by molar-refractivity contribution is 5.94. The number of esters is 1. The lowest BCUT2D eigenvalue weighted by atomic mass is 9.83. The summed E-state index contributed by atoms with van der Waals surface area (Å²) >= 11 is 0. The van der Waals surface area contributed by atoms with E-state index in [-0.39, 0.29) is 42.8 Å². The molecule has 1 aromatic rings. The first-order valence-electron chi connectivity index (χ1n) is 12.1. The van der Waals surface area contributed by atoms with Crippen LogP contribution in [0.1, 0.15) is 45.6 Å². The van der Waals surface area contributed by atoms with Gasteiger partial charge in [0.15, 0.2) is 6.10 Å². The van der Waals surface area contributed by atoms with Gasteiger partial charge in [-0.05, 0) is 37.2 Å². The van der Waals surface area contributed by atoms with Crippen LogP contribution in [0.5, 0.6) is 0 Å². The molecule has 1 aliphatic carbocycles. The molecule has 1 aliphatic heterocycles. The predicted octanol–water partition coefficient (Wildman–Crippen LogP) is 1.35. The first-order valence-corrected chi connectivity index (χ1v) is 12.1. The number of hydrogen-bond acceptors (Lipinski definition) is 7. The fourth-order valence-corrected chi connectivity index (χ4v) is 4.11. The molecular weight excluding hydrogens is 470 g/mol. The molecule has 196 valence electrons. The Balaban J connectivity index is 1.42. The molecule has 0 bridgehead atoms. The van der Waals surface area contributed by atoms with Crippen molar-refractivity contribution in [2.24, 2.45) is 17.8 Å². The van der Waals surface area contributed by atoms with Gasteiger partial charge >= 0.3 is 18.0 Å². The van der Waals surface area contributed by atoms with Gasteiger partial charge in [-0.1, -0.05) is 50.6 Å². The number of alkyl carbamates (subject to hydrolysis) is 1. The molecule has 1 heterocycles. The molecule has 3 rings (SSSR count). The number of aliphatic carboxylic acids is 1. The maximum Gasteiger partial charge on any atom is 0.408 e. The quantitative estimate of drug-likeness (QED) is 0.311. The van der Waals surface area contributed by atoms with Crippen molar-refractivity contribution in [1.29, 1.82) is 0 Å². The van der Waals surface area contributed by atoms with Crippen LogP contribution in [0.15, 0.2) is 30.3 Å². The molecule has 3 amide bonds. The number of rotatable bonds is 12. The van der Waals surface area contributed by atoms with Crippen molar-refractivity contribution in [3.05, 3.63) is 35.9 Å². The average Bonchev–Trinajstić information content (AvgIpc) is 3.57. The molecule has 1 saturated carbocycles. The molecular formula is C25H33N3O8. The highest BCUT2D eigenvalue weighted by Crippen LogP contribution is 2.37. The number of carbonyl (C=O) groups is 5. The van der Waals surface area contributed by atoms with E-state index in [1.54, 1.807) is 24.3 Å². The van der Waals surface area contributed by atoms with E-state index in [1.807, 2.05) is 19.9 Å². The first-order chi connectivity index (χ1) is 17.1. The van der Waals surface area contributed by atoms with E-state index in [1.165, 1.54) is 6.92 Å². The molecule has 7 atom stereocenters. The molecule has 11 heteroatoms. The summed E-state index contributed by atoms with van der Waals surface area (Å²) in [7, 11) is 0. The zero-order valence-electron chi connectivity index (χ0n) is 20.6. The molecule has 2 aliphatic rings. The van der Waals surface area contributed by atoms with E-state index in [2.05, 4.69) is 16.0 Å². The van der Waals surface area contributed by atoms with Crippen LogP contribution in [0.2, 0.25) is 0 Å². The number of amides is 3.